The van der Waals surface area contributed by atoms with Gasteiger partial charge >= 0.3 is 0 Å². The standard InChI is InChI=1S/C38H22N4S/c1-2-10-23(11-3-1)41-29-15-7-4-13-26(29)33-35-36(40-21-20-39-35)34-27-14-5-8-16-30(27)42(38(34)37(33)41)24-18-19-32-28(22-24)25-12-6-9-17-31(25)43-32/h1-22H. The first-order valence-corrected chi connectivity index (χ1v) is 15.2. The third-order valence-electron chi connectivity index (χ3n) is 8.78. The van der Waals surface area contributed by atoms with Crippen molar-refractivity contribution in [2.24, 2.45) is 0 Å². The predicted octanol–water partition coefficient (Wildman–Crippen LogP) is 10.2. The fourth-order valence-electron chi connectivity index (χ4n) is 7.08. The van der Waals surface area contributed by atoms with Gasteiger partial charge in [0.15, 0.2) is 0 Å². The molecule has 5 heteroatoms. The number of fused-ring (bicyclic) bond motifs is 13. The first kappa shape index (κ1) is 23.1. The van der Waals surface area contributed by atoms with Crippen molar-refractivity contribution in [3.8, 4) is 11.4 Å². The van der Waals surface area contributed by atoms with Gasteiger partial charge in [-0.2, -0.15) is 0 Å². The highest BCUT2D eigenvalue weighted by Crippen LogP contribution is 2.46. The molecule has 4 aromatic heterocycles. The van der Waals surface area contributed by atoms with Gasteiger partial charge in [-0.1, -0.05) is 72.8 Å². The Morgan fingerprint density at radius 2 is 0.977 bits per heavy atom. The Morgan fingerprint density at radius 1 is 0.442 bits per heavy atom. The van der Waals surface area contributed by atoms with Crippen LogP contribution in [0.2, 0.25) is 0 Å². The van der Waals surface area contributed by atoms with E-state index in [1.807, 2.05) is 23.7 Å². The monoisotopic (exact) mass is 566 g/mol. The molecule has 6 aromatic carbocycles. The van der Waals surface area contributed by atoms with E-state index in [1.165, 1.54) is 30.9 Å². The average molecular weight is 567 g/mol. The number of thiophene rings is 1. The molecule has 0 fully saturated rings. The van der Waals surface area contributed by atoms with Gasteiger partial charge in [-0.15, -0.1) is 11.3 Å². The highest BCUT2D eigenvalue weighted by molar-refractivity contribution is 7.25. The summed E-state index contributed by atoms with van der Waals surface area (Å²) in [6.07, 6.45) is 3.64. The molecule has 0 amide bonds. The second kappa shape index (κ2) is 8.51. The number of rotatable bonds is 2. The number of nitrogens with zero attached hydrogens (tertiary/aromatic N) is 4. The van der Waals surface area contributed by atoms with E-state index in [0.717, 1.165) is 55.2 Å². The third-order valence-corrected chi connectivity index (χ3v) is 9.93. The van der Waals surface area contributed by atoms with Gasteiger partial charge in [0.2, 0.25) is 0 Å². The molecule has 10 rings (SSSR count). The molecule has 0 aliphatic rings. The molecule has 0 aliphatic heterocycles. The Bertz CT molecular complexity index is 2730. The highest BCUT2D eigenvalue weighted by Gasteiger charge is 2.25. The zero-order valence-electron chi connectivity index (χ0n) is 22.9. The quantitative estimate of drug-likeness (QED) is 0.209. The van der Waals surface area contributed by atoms with Gasteiger partial charge in [0, 0.05) is 65.5 Å². The van der Waals surface area contributed by atoms with Crippen molar-refractivity contribution in [3.63, 3.8) is 0 Å². The zero-order chi connectivity index (χ0) is 28.1. The van der Waals surface area contributed by atoms with E-state index in [0.29, 0.717) is 0 Å². The summed E-state index contributed by atoms with van der Waals surface area (Å²) >= 11 is 1.85. The maximum atomic E-state index is 5.00. The van der Waals surface area contributed by atoms with Gasteiger partial charge in [0.05, 0.1) is 33.1 Å². The van der Waals surface area contributed by atoms with Crippen molar-refractivity contribution in [2.45, 2.75) is 0 Å². The van der Waals surface area contributed by atoms with E-state index in [9.17, 15) is 0 Å². The number of benzene rings is 6. The fraction of sp³-hybridized carbons (Fsp3) is 0. The highest BCUT2D eigenvalue weighted by atomic mass is 32.1. The van der Waals surface area contributed by atoms with Crippen molar-refractivity contribution in [1.29, 1.82) is 0 Å². The van der Waals surface area contributed by atoms with Crippen LogP contribution in [0.15, 0.2) is 134 Å². The van der Waals surface area contributed by atoms with Gasteiger partial charge in [0.1, 0.15) is 0 Å². The lowest BCUT2D eigenvalue weighted by atomic mass is 10.1. The molecule has 43 heavy (non-hydrogen) atoms. The lowest BCUT2D eigenvalue weighted by Crippen LogP contribution is -1.99. The lowest BCUT2D eigenvalue weighted by molar-refractivity contribution is 1.15. The molecule has 0 N–H and O–H groups in total. The van der Waals surface area contributed by atoms with E-state index in [2.05, 4.69) is 130 Å². The van der Waals surface area contributed by atoms with Crippen LogP contribution in [0.5, 0.6) is 0 Å². The van der Waals surface area contributed by atoms with E-state index in [-0.39, 0.29) is 0 Å². The molecule has 0 spiro atoms. The molecule has 0 saturated carbocycles. The number of hydrogen-bond donors (Lipinski definition) is 0. The van der Waals surface area contributed by atoms with Crippen LogP contribution in [0.25, 0.3) is 86.2 Å². The average Bonchev–Trinajstić information content (AvgIpc) is 3.73. The summed E-state index contributed by atoms with van der Waals surface area (Å²) in [5, 5.41) is 7.17. The SMILES string of the molecule is c1ccc(-n2c3ccccc3c3c4nccnc4c4c5ccccc5n(-c5ccc6sc7ccccc7c6c5)c4c32)cc1. The molecule has 0 saturated heterocycles. The minimum atomic E-state index is 0.929. The zero-order valence-corrected chi connectivity index (χ0v) is 23.7. The normalized spacial score (nSPS) is 12.2. The number of para-hydroxylation sites is 3. The molecular weight excluding hydrogens is 545 g/mol. The van der Waals surface area contributed by atoms with E-state index in [4.69, 9.17) is 9.97 Å². The molecular formula is C38H22N4S. The first-order chi connectivity index (χ1) is 21.4. The summed E-state index contributed by atoms with van der Waals surface area (Å²) in [5.74, 6) is 0. The molecule has 200 valence electrons. The van der Waals surface area contributed by atoms with Crippen LogP contribution in [-0.4, -0.2) is 19.1 Å². The molecule has 4 nitrogen and oxygen atoms in total. The summed E-state index contributed by atoms with van der Waals surface area (Å²) < 4.78 is 7.47. The molecule has 10 aromatic rings. The second-order valence-corrected chi connectivity index (χ2v) is 12.1. The van der Waals surface area contributed by atoms with E-state index >= 15 is 0 Å². The summed E-state index contributed by atoms with van der Waals surface area (Å²) in [6, 6.07) is 43.7. The molecule has 0 radical (unpaired) electrons. The van der Waals surface area contributed by atoms with E-state index in [1.54, 1.807) is 0 Å². The fourth-order valence-corrected chi connectivity index (χ4v) is 8.16. The van der Waals surface area contributed by atoms with Crippen LogP contribution in [0.3, 0.4) is 0 Å². The Hall–Kier alpha value is -5.52. The minimum absolute atomic E-state index is 0.929. The first-order valence-electron chi connectivity index (χ1n) is 14.4. The van der Waals surface area contributed by atoms with Gasteiger partial charge in [-0.05, 0) is 48.5 Å². The topological polar surface area (TPSA) is 35.6 Å². The van der Waals surface area contributed by atoms with Gasteiger partial charge in [-0.25, -0.2) is 0 Å². The summed E-state index contributed by atoms with van der Waals surface area (Å²) in [7, 11) is 0. The Labute approximate surface area is 249 Å². The van der Waals surface area contributed by atoms with Crippen LogP contribution in [0.4, 0.5) is 0 Å². The molecule has 4 heterocycles. The van der Waals surface area contributed by atoms with Crippen molar-refractivity contribution >= 4 is 86.2 Å². The largest absolute Gasteiger partial charge is 0.307 e. The van der Waals surface area contributed by atoms with Crippen LogP contribution >= 0.6 is 11.3 Å². The van der Waals surface area contributed by atoms with Crippen LogP contribution in [-0.2, 0) is 0 Å². The van der Waals surface area contributed by atoms with Gasteiger partial charge < -0.3 is 9.13 Å². The maximum absolute atomic E-state index is 5.00. The van der Waals surface area contributed by atoms with Crippen molar-refractivity contribution in [1.82, 2.24) is 19.1 Å². The van der Waals surface area contributed by atoms with Crippen molar-refractivity contribution < 1.29 is 0 Å². The Balaban J connectivity index is 1.51. The molecule has 0 aliphatic carbocycles. The number of aromatic nitrogens is 4. The predicted molar refractivity (Wildman–Crippen MR) is 181 cm³/mol. The molecule has 0 bridgehead atoms. The molecule has 0 atom stereocenters. The van der Waals surface area contributed by atoms with Crippen LogP contribution < -0.4 is 0 Å². The van der Waals surface area contributed by atoms with Crippen molar-refractivity contribution in [3.05, 3.63) is 134 Å². The lowest BCUT2D eigenvalue weighted by Gasteiger charge is -2.13. The van der Waals surface area contributed by atoms with Crippen molar-refractivity contribution in [2.75, 3.05) is 0 Å². The Kier molecular flexibility index (Phi) is 4.57. The summed E-state index contributed by atoms with van der Waals surface area (Å²) in [6.45, 7) is 0. The third kappa shape index (κ3) is 3.04. The summed E-state index contributed by atoms with van der Waals surface area (Å²) in [5.41, 5.74) is 8.70. The van der Waals surface area contributed by atoms with Crippen LogP contribution in [0.1, 0.15) is 0 Å². The van der Waals surface area contributed by atoms with Gasteiger partial charge in [-0.3, -0.25) is 9.97 Å². The van der Waals surface area contributed by atoms with Gasteiger partial charge in [0.25, 0.3) is 0 Å². The van der Waals surface area contributed by atoms with E-state index < -0.39 is 0 Å². The number of hydrogen-bond acceptors (Lipinski definition) is 3. The Morgan fingerprint density at radius 3 is 1.65 bits per heavy atom. The smallest absolute Gasteiger partial charge is 0.0994 e. The summed E-state index contributed by atoms with van der Waals surface area (Å²) in [4.78, 5) is 9.99. The van der Waals surface area contributed by atoms with Crippen LogP contribution in [0, 0.1) is 0 Å². The molecule has 0 unspecified atom stereocenters. The second-order valence-electron chi connectivity index (χ2n) is 11.0. The minimum Gasteiger partial charge on any atom is -0.307 e. The maximum Gasteiger partial charge on any atom is 0.0994 e.